The fourth-order valence-corrected chi connectivity index (χ4v) is 3.41. The molecule has 2 fully saturated rings. The van der Waals surface area contributed by atoms with Gasteiger partial charge in [-0.3, -0.25) is 4.90 Å². The summed E-state index contributed by atoms with van der Waals surface area (Å²) < 4.78 is 9.84. The van der Waals surface area contributed by atoms with E-state index in [9.17, 15) is 14.7 Å². The van der Waals surface area contributed by atoms with Gasteiger partial charge in [-0.25, -0.2) is 9.59 Å². The molecule has 1 saturated carbocycles. The number of ether oxygens (including phenoxy) is 2. The Labute approximate surface area is 119 Å². The van der Waals surface area contributed by atoms with Crippen LogP contribution in [0.25, 0.3) is 0 Å². The van der Waals surface area contributed by atoms with Crippen LogP contribution in [0.15, 0.2) is 0 Å². The van der Waals surface area contributed by atoms with Gasteiger partial charge in [0, 0.05) is 6.54 Å². The minimum absolute atomic E-state index is 0.272. The molecule has 1 N–H and O–H groups in total. The standard InChI is InChI=1S/C14H23NO5/c1-3-20-13(17)12-7-10-6-11(16)5-4-9(10)8-15(12)14(18)19-2/h9-12,16H,3-8H2,1-2H3/t9-,10+,11?,12?/m0/s1. The third-order valence-electron chi connectivity index (χ3n) is 4.41. The Balaban J connectivity index is 2.13. The second kappa shape index (κ2) is 6.43. The van der Waals surface area contributed by atoms with Crippen molar-refractivity contribution < 1.29 is 24.2 Å². The number of fused-ring (bicyclic) bond motifs is 1. The first-order valence-electron chi connectivity index (χ1n) is 7.26. The van der Waals surface area contributed by atoms with Gasteiger partial charge in [0.25, 0.3) is 0 Å². The molecule has 6 nitrogen and oxygen atoms in total. The van der Waals surface area contributed by atoms with E-state index in [0.717, 1.165) is 12.8 Å². The van der Waals surface area contributed by atoms with Crippen molar-refractivity contribution in [3.8, 4) is 0 Å². The third kappa shape index (κ3) is 3.06. The van der Waals surface area contributed by atoms with Crippen molar-refractivity contribution in [3.63, 3.8) is 0 Å². The first-order valence-corrected chi connectivity index (χ1v) is 7.26. The summed E-state index contributed by atoms with van der Waals surface area (Å²) in [5, 5.41) is 9.78. The van der Waals surface area contributed by atoms with E-state index >= 15 is 0 Å². The number of hydrogen-bond donors (Lipinski definition) is 1. The van der Waals surface area contributed by atoms with E-state index in [1.807, 2.05) is 0 Å². The second-order valence-corrected chi connectivity index (χ2v) is 5.61. The van der Waals surface area contributed by atoms with E-state index in [2.05, 4.69) is 0 Å². The highest BCUT2D eigenvalue weighted by Crippen LogP contribution is 2.39. The number of piperidine rings is 1. The smallest absolute Gasteiger partial charge is 0.410 e. The van der Waals surface area contributed by atoms with Crippen LogP contribution < -0.4 is 0 Å². The largest absolute Gasteiger partial charge is 0.464 e. The quantitative estimate of drug-likeness (QED) is 0.771. The van der Waals surface area contributed by atoms with Crippen molar-refractivity contribution >= 4 is 12.1 Å². The maximum absolute atomic E-state index is 12.1. The minimum Gasteiger partial charge on any atom is -0.464 e. The highest BCUT2D eigenvalue weighted by atomic mass is 16.6. The molecular weight excluding hydrogens is 262 g/mol. The lowest BCUT2D eigenvalue weighted by molar-refractivity contribution is -0.152. The van der Waals surface area contributed by atoms with E-state index in [-0.39, 0.29) is 18.0 Å². The predicted molar refractivity (Wildman–Crippen MR) is 71.0 cm³/mol. The van der Waals surface area contributed by atoms with Gasteiger partial charge in [-0.2, -0.15) is 0 Å². The molecule has 2 unspecified atom stereocenters. The Hall–Kier alpha value is -1.30. The lowest BCUT2D eigenvalue weighted by Gasteiger charge is -2.45. The van der Waals surface area contributed by atoms with Crippen LogP contribution in [0.4, 0.5) is 4.79 Å². The van der Waals surface area contributed by atoms with Gasteiger partial charge < -0.3 is 14.6 Å². The summed E-state index contributed by atoms with van der Waals surface area (Å²) in [6, 6.07) is -0.589. The molecule has 0 radical (unpaired) electrons. The number of amides is 1. The number of methoxy groups -OCH3 is 1. The van der Waals surface area contributed by atoms with E-state index in [1.165, 1.54) is 12.0 Å². The molecule has 0 bridgehead atoms. The highest BCUT2D eigenvalue weighted by molar-refractivity contribution is 5.81. The fourth-order valence-electron chi connectivity index (χ4n) is 3.41. The summed E-state index contributed by atoms with van der Waals surface area (Å²) in [5.41, 5.74) is 0. The molecule has 4 atom stereocenters. The molecule has 0 aromatic rings. The number of carbonyl (C=O) groups excluding carboxylic acids is 2. The van der Waals surface area contributed by atoms with Crippen LogP contribution in [-0.2, 0) is 14.3 Å². The van der Waals surface area contributed by atoms with Gasteiger partial charge in [-0.05, 0) is 44.4 Å². The average molecular weight is 285 g/mol. The molecule has 6 heteroatoms. The highest BCUT2D eigenvalue weighted by Gasteiger charge is 2.44. The molecule has 1 heterocycles. The lowest BCUT2D eigenvalue weighted by Crippen LogP contribution is -2.55. The number of esters is 1. The van der Waals surface area contributed by atoms with Crippen LogP contribution >= 0.6 is 0 Å². The fraction of sp³-hybridized carbons (Fsp3) is 0.857. The number of aliphatic hydroxyl groups excluding tert-OH is 1. The molecule has 1 saturated heterocycles. The van der Waals surface area contributed by atoms with Crippen molar-refractivity contribution in [2.75, 3.05) is 20.3 Å². The second-order valence-electron chi connectivity index (χ2n) is 5.61. The van der Waals surface area contributed by atoms with E-state index in [0.29, 0.717) is 31.9 Å². The van der Waals surface area contributed by atoms with Gasteiger partial charge >= 0.3 is 12.1 Å². The first-order chi connectivity index (χ1) is 9.56. The lowest BCUT2D eigenvalue weighted by atomic mass is 9.72. The van der Waals surface area contributed by atoms with Crippen molar-refractivity contribution in [1.29, 1.82) is 0 Å². The molecular formula is C14H23NO5. The van der Waals surface area contributed by atoms with Crippen LogP contribution in [0.5, 0.6) is 0 Å². The molecule has 20 heavy (non-hydrogen) atoms. The van der Waals surface area contributed by atoms with Gasteiger partial charge in [-0.15, -0.1) is 0 Å². The van der Waals surface area contributed by atoms with Crippen LogP contribution in [0.1, 0.15) is 32.6 Å². The van der Waals surface area contributed by atoms with Gasteiger partial charge in [0.1, 0.15) is 6.04 Å². The zero-order chi connectivity index (χ0) is 14.7. The Kier molecular flexibility index (Phi) is 4.86. The maximum atomic E-state index is 12.1. The van der Waals surface area contributed by atoms with E-state index < -0.39 is 12.1 Å². The number of hydrogen-bond acceptors (Lipinski definition) is 5. The van der Waals surface area contributed by atoms with E-state index in [1.54, 1.807) is 6.92 Å². The zero-order valence-corrected chi connectivity index (χ0v) is 12.1. The zero-order valence-electron chi connectivity index (χ0n) is 12.1. The van der Waals surface area contributed by atoms with Crippen LogP contribution in [-0.4, -0.2) is 54.5 Å². The maximum Gasteiger partial charge on any atom is 0.410 e. The van der Waals surface area contributed by atoms with Crippen LogP contribution in [0.2, 0.25) is 0 Å². The molecule has 2 aliphatic rings. The Morgan fingerprint density at radius 1 is 1.25 bits per heavy atom. The topological polar surface area (TPSA) is 76.1 Å². The molecule has 1 aliphatic heterocycles. The molecule has 0 aromatic carbocycles. The molecule has 0 spiro atoms. The first kappa shape index (κ1) is 15.1. The monoisotopic (exact) mass is 285 g/mol. The minimum atomic E-state index is -0.589. The summed E-state index contributed by atoms with van der Waals surface area (Å²) in [4.78, 5) is 25.4. The number of likely N-dealkylation sites (tertiary alicyclic amines) is 1. The molecule has 1 amide bonds. The number of aliphatic hydroxyl groups is 1. The molecule has 114 valence electrons. The van der Waals surface area contributed by atoms with Crippen molar-refractivity contribution in [1.82, 2.24) is 4.90 Å². The summed E-state index contributed by atoms with van der Waals surface area (Å²) >= 11 is 0. The number of rotatable bonds is 2. The Morgan fingerprint density at radius 3 is 2.65 bits per heavy atom. The Morgan fingerprint density at radius 2 is 2.00 bits per heavy atom. The summed E-state index contributed by atoms with van der Waals surface area (Å²) in [6.45, 7) is 2.55. The van der Waals surface area contributed by atoms with Crippen LogP contribution in [0.3, 0.4) is 0 Å². The SMILES string of the molecule is CCOC(=O)C1C[C@H]2CC(O)CC[C@H]2CN1C(=O)OC. The van der Waals surface area contributed by atoms with Crippen molar-refractivity contribution in [2.24, 2.45) is 11.8 Å². The third-order valence-corrected chi connectivity index (χ3v) is 4.41. The number of nitrogens with zero attached hydrogens (tertiary/aromatic N) is 1. The van der Waals surface area contributed by atoms with Gasteiger partial charge in [0.2, 0.25) is 0 Å². The van der Waals surface area contributed by atoms with Crippen LogP contribution in [0, 0.1) is 11.8 Å². The molecule has 2 rings (SSSR count). The summed E-state index contributed by atoms with van der Waals surface area (Å²) in [5.74, 6) is 0.230. The number of carbonyl (C=O) groups is 2. The Bertz CT molecular complexity index is 373. The average Bonchev–Trinajstić information content (AvgIpc) is 2.45. The van der Waals surface area contributed by atoms with E-state index in [4.69, 9.17) is 9.47 Å². The normalized spacial score (nSPS) is 33.2. The summed E-state index contributed by atoms with van der Waals surface area (Å²) in [6.07, 6.45) is 2.14. The van der Waals surface area contributed by atoms with Gasteiger partial charge in [0.05, 0.1) is 19.8 Å². The summed E-state index contributed by atoms with van der Waals surface area (Å²) in [7, 11) is 1.32. The van der Waals surface area contributed by atoms with Gasteiger partial charge in [-0.1, -0.05) is 0 Å². The van der Waals surface area contributed by atoms with Crippen molar-refractivity contribution in [3.05, 3.63) is 0 Å². The van der Waals surface area contributed by atoms with Crippen molar-refractivity contribution in [2.45, 2.75) is 44.8 Å². The predicted octanol–water partition coefficient (Wildman–Crippen LogP) is 1.17. The molecule has 1 aliphatic carbocycles. The van der Waals surface area contributed by atoms with Gasteiger partial charge in [0.15, 0.2) is 0 Å². The molecule has 0 aromatic heterocycles.